The first kappa shape index (κ1) is 13.4. The monoisotopic (exact) mass is 239 g/mol. The van der Waals surface area contributed by atoms with Crippen molar-refractivity contribution in [3.05, 3.63) is 45.6 Å². The molecule has 0 bridgehead atoms. The molecule has 1 rings (SSSR count). The molecule has 0 aliphatic rings. The van der Waals surface area contributed by atoms with Gasteiger partial charge < -0.3 is 10.2 Å². The molecule has 1 aromatic rings. The quantitative estimate of drug-likeness (QED) is 0.468. The first-order chi connectivity index (χ1) is 8.07. The maximum Gasteiger partial charge on any atom is 0.126 e. The van der Waals surface area contributed by atoms with E-state index in [1.54, 1.807) is 6.07 Å². The lowest BCUT2D eigenvalue weighted by atomic mass is 9.97. The highest BCUT2D eigenvalue weighted by atomic mass is 19.1. The lowest BCUT2D eigenvalue weighted by Gasteiger charge is -2.19. The van der Waals surface area contributed by atoms with Crippen molar-refractivity contribution in [1.82, 2.24) is 0 Å². The molecule has 2 N–H and O–H groups in total. The van der Waals surface area contributed by atoms with E-state index in [1.165, 1.54) is 19.1 Å². The van der Waals surface area contributed by atoms with Crippen LogP contribution in [0.2, 0.25) is 0 Å². The molecule has 0 saturated heterocycles. The third-order valence-corrected chi connectivity index (χ3v) is 2.58. The smallest absolute Gasteiger partial charge is 0.126 e. The molecule has 0 radical (unpaired) electrons. The number of aliphatic hydroxyl groups excluding tert-OH is 2. The Labute approximate surface area is 98.1 Å². The van der Waals surface area contributed by atoms with Crippen LogP contribution in [0.15, 0.2) is 23.3 Å². The molecular weight excluding hydrogens is 225 g/mol. The second-order valence-electron chi connectivity index (χ2n) is 3.71. The number of nitrogens with zero attached hydrogens (tertiary/aromatic N) is 3. The highest BCUT2D eigenvalue weighted by Gasteiger charge is 2.20. The maximum absolute atomic E-state index is 13.3. The first-order valence-electron chi connectivity index (χ1n) is 5.20. The molecule has 1 aromatic carbocycles. The van der Waals surface area contributed by atoms with Gasteiger partial charge in [0.1, 0.15) is 11.9 Å². The van der Waals surface area contributed by atoms with Crippen LogP contribution < -0.4 is 0 Å². The molecule has 0 heterocycles. The van der Waals surface area contributed by atoms with E-state index in [0.717, 1.165) is 0 Å². The minimum Gasteiger partial charge on any atom is -0.390 e. The van der Waals surface area contributed by atoms with Crippen LogP contribution in [0.1, 0.15) is 23.7 Å². The van der Waals surface area contributed by atoms with E-state index in [4.69, 9.17) is 5.53 Å². The van der Waals surface area contributed by atoms with Gasteiger partial charge in [0.05, 0.1) is 6.10 Å². The second kappa shape index (κ2) is 6.20. The molecule has 92 valence electrons. The molecular formula is C11H14FN3O2. The molecule has 0 fully saturated rings. The van der Waals surface area contributed by atoms with E-state index in [1.807, 2.05) is 0 Å². The maximum atomic E-state index is 13.3. The summed E-state index contributed by atoms with van der Waals surface area (Å²) < 4.78 is 13.3. The number of rotatable bonds is 5. The third-order valence-electron chi connectivity index (χ3n) is 2.58. The summed E-state index contributed by atoms with van der Waals surface area (Å²) in [6, 6.07) is 4.32. The van der Waals surface area contributed by atoms with Crippen molar-refractivity contribution >= 4 is 0 Å². The predicted molar refractivity (Wildman–Crippen MR) is 60.7 cm³/mol. The number of hydrogen-bond acceptors (Lipinski definition) is 3. The fraction of sp³-hybridized carbons (Fsp3) is 0.455. The van der Waals surface area contributed by atoms with E-state index in [-0.39, 0.29) is 13.0 Å². The van der Waals surface area contributed by atoms with Gasteiger partial charge in [-0.25, -0.2) is 4.39 Å². The Balaban J connectivity index is 2.77. The third kappa shape index (κ3) is 3.42. The predicted octanol–water partition coefficient (Wildman–Crippen LogP) is 2.23. The number of aliphatic hydroxyl groups is 2. The van der Waals surface area contributed by atoms with Crippen LogP contribution in [0.5, 0.6) is 0 Å². The minimum absolute atomic E-state index is 0.0864. The zero-order valence-electron chi connectivity index (χ0n) is 9.41. The minimum atomic E-state index is -1.18. The zero-order valence-corrected chi connectivity index (χ0v) is 9.41. The van der Waals surface area contributed by atoms with E-state index >= 15 is 0 Å². The standard InChI is InChI=1S/C11H14FN3O2/c1-7-8(3-2-4-9(7)12)11(17)10(16)5-6-14-15-13/h2-4,10-11,16-17H,5-6H2,1H3. The van der Waals surface area contributed by atoms with Crippen molar-refractivity contribution in [3.63, 3.8) is 0 Å². The molecule has 0 aliphatic carbocycles. The molecule has 0 spiro atoms. The highest BCUT2D eigenvalue weighted by Crippen LogP contribution is 2.23. The normalized spacial score (nSPS) is 13.9. The average molecular weight is 239 g/mol. The van der Waals surface area contributed by atoms with Crippen molar-refractivity contribution in [2.45, 2.75) is 25.6 Å². The molecule has 5 nitrogen and oxygen atoms in total. The molecule has 0 saturated carbocycles. The zero-order chi connectivity index (χ0) is 12.8. The number of benzene rings is 1. The van der Waals surface area contributed by atoms with Gasteiger partial charge in [-0.2, -0.15) is 0 Å². The van der Waals surface area contributed by atoms with Crippen molar-refractivity contribution in [3.8, 4) is 0 Å². The van der Waals surface area contributed by atoms with Gasteiger partial charge in [0.25, 0.3) is 0 Å². The molecule has 6 heteroatoms. The Kier molecular flexibility index (Phi) is 4.90. The van der Waals surface area contributed by atoms with E-state index in [0.29, 0.717) is 11.1 Å². The first-order valence-corrected chi connectivity index (χ1v) is 5.20. The lowest BCUT2D eigenvalue weighted by Crippen LogP contribution is -2.20. The molecule has 17 heavy (non-hydrogen) atoms. The van der Waals surface area contributed by atoms with Crippen LogP contribution in [0.4, 0.5) is 4.39 Å². The number of azide groups is 1. The van der Waals surface area contributed by atoms with Gasteiger partial charge in [-0.05, 0) is 36.1 Å². The Morgan fingerprint density at radius 1 is 1.47 bits per heavy atom. The summed E-state index contributed by atoms with van der Waals surface area (Å²) >= 11 is 0. The van der Waals surface area contributed by atoms with Gasteiger partial charge in [0.15, 0.2) is 0 Å². The molecule has 0 aliphatic heterocycles. The summed E-state index contributed by atoms with van der Waals surface area (Å²) in [5.41, 5.74) is 8.73. The van der Waals surface area contributed by atoms with E-state index in [2.05, 4.69) is 10.0 Å². The summed E-state index contributed by atoms with van der Waals surface area (Å²) in [7, 11) is 0. The van der Waals surface area contributed by atoms with E-state index < -0.39 is 18.0 Å². The van der Waals surface area contributed by atoms with Gasteiger partial charge >= 0.3 is 0 Å². The van der Waals surface area contributed by atoms with Gasteiger partial charge in [-0.15, -0.1) is 0 Å². The number of hydrogen-bond donors (Lipinski definition) is 2. The largest absolute Gasteiger partial charge is 0.390 e. The Morgan fingerprint density at radius 2 is 2.18 bits per heavy atom. The number of halogens is 1. The van der Waals surface area contributed by atoms with Gasteiger partial charge in [0, 0.05) is 11.5 Å². The average Bonchev–Trinajstić information content (AvgIpc) is 2.32. The van der Waals surface area contributed by atoms with Crippen LogP contribution in [0, 0.1) is 12.7 Å². The van der Waals surface area contributed by atoms with E-state index in [9.17, 15) is 14.6 Å². The SMILES string of the molecule is Cc1c(F)cccc1C(O)C(O)CCN=[N+]=[N-]. The van der Waals surface area contributed by atoms with Crippen molar-refractivity contribution < 1.29 is 14.6 Å². The summed E-state index contributed by atoms with van der Waals surface area (Å²) in [6.45, 7) is 1.62. The fourth-order valence-electron chi connectivity index (χ4n) is 1.54. The van der Waals surface area contributed by atoms with Crippen LogP contribution >= 0.6 is 0 Å². The molecule has 0 amide bonds. The van der Waals surface area contributed by atoms with Gasteiger partial charge in [0.2, 0.25) is 0 Å². The van der Waals surface area contributed by atoms with Crippen molar-refractivity contribution in [2.24, 2.45) is 5.11 Å². The van der Waals surface area contributed by atoms with Crippen LogP contribution in [-0.4, -0.2) is 22.9 Å². The van der Waals surface area contributed by atoms with Crippen LogP contribution in [-0.2, 0) is 0 Å². The summed E-state index contributed by atoms with van der Waals surface area (Å²) in [5.74, 6) is -0.427. The van der Waals surface area contributed by atoms with Gasteiger partial charge in [-0.3, -0.25) is 0 Å². The van der Waals surface area contributed by atoms with Crippen molar-refractivity contribution in [2.75, 3.05) is 6.54 Å². The Morgan fingerprint density at radius 3 is 2.82 bits per heavy atom. The highest BCUT2D eigenvalue weighted by molar-refractivity contribution is 5.29. The fourth-order valence-corrected chi connectivity index (χ4v) is 1.54. The second-order valence-corrected chi connectivity index (χ2v) is 3.71. The van der Waals surface area contributed by atoms with Gasteiger partial charge in [-0.1, -0.05) is 17.2 Å². The molecule has 2 unspecified atom stereocenters. The Bertz CT molecular complexity index is 433. The molecule has 2 atom stereocenters. The van der Waals surface area contributed by atoms with Crippen LogP contribution in [0.3, 0.4) is 0 Å². The molecule has 0 aromatic heterocycles. The summed E-state index contributed by atoms with van der Waals surface area (Å²) in [4.78, 5) is 2.54. The summed E-state index contributed by atoms with van der Waals surface area (Å²) in [6.07, 6.45) is -2.14. The lowest BCUT2D eigenvalue weighted by molar-refractivity contribution is 0.0145. The van der Waals surface area contributed by atoms with Crippen molar-refractivity contribution in [1.29, 1.82) is 0 Å². The van der Waals surface area contributed by atoms with Crippen LogP contribution in [0.25, 0.3) is 10.4 Å². The topological polar surface area (TPSA) is 89.2 Å². The Hall–Kier alpha value is -1.62. The summed E-state index contributed by atoms with van der Waals surface area (Å²) in [5, 5.41) is 22.8.